The number of nitrogens with one attached hydrogen (secondary N) is 1. The molecular formula is C14H15N7O. The summed E-state index contributed by atoms with van der Waals surface area (Å²) >= 11 is 0. The molecular weight excluding hydrogens is 282 g/mol. The van der Waals surface area contributed by atoms with Crippen LogP contribution in [0.3, 0.4) is 0 Å². The third-order valence-corrected chi connectivity index (χ3v) is 4.06. The van der Waals surface area contributed by atoms with E-state index in [1.165, 1.54) is 0 Å². The van der Waals surface area contributed by atoms with Crippen LogP contribution >= 0.6 is 0 Å². The fourth-order valence-electron chi connectivity index (χ4n) is 2.89. The van der Waals surface area contributed by atoms with E-state index < -0.39 is 0 Å². The van der Waals surface area contributed by atoms with E-state index in [9.17, 15) is 4.79 Å². The van der Waals surface area contributed by atoms with Crippen molar-refractivity contribution >= 4 is 17.1 Å². The lowest BCUT2D eigenvalue weighted by molar-refractivity contribution is 0.0685. The molecule has 0 saturated carbocycles. The Kier molecular flexibility index (Phi) is 3.06. The molecule has 1 amide bonds. The van der Waals surface area contributed by atoms with E-state index in [1.54, 1.807) is 18.5 Å². The number of carbonyl (C=O) groups excluding carboxylic acids is 1. The molecule has 1 N–H and O–H groups in total. The summed E-state index contributed by atoms with van der Waals surface area (Å²) in [5.74, 6) is -0.00229. The van der Waals surface area contributed by atoms with Crippen LogP contribution < -0.4 is 0 Å². The van der Waals surface area contributed by atoms with Crippen molar-refractivity contribution in [2.24, 2.45) is 0 Å². The van der Waals surface area contributed by atoms with Crippen molar-refractivity contribution in [2.45, 2.75) is 18.9 Å². The zero-order valence-electron chi connectivity index (χ0n) is 11.9. The van der Waals surface area contributed by atoms with Crippen LogP contribution in [0, 0.1) is 0 Å². The first kappa shape index (κ1) is 12.9. The quantitative estimate of drug-likeness (QED) is 0.762. The second kappa shape index (κ2) is 5.21. The van der Waals surface area contributed by atoms with Gasteiger partial charge in [-0.05, 0) is 31.0 Å². The monoisotopic (exact) mass is 297 g/mol. The van der Waals surface area contributed by atoms with E-state index in [1.807, 2.05) is 21.7 Å². The fraction of sp³-hybridized carbons (Fsp3) is 0.357. The number of hydrogen-bond acceptors (Lipinski definition) is 5. The Balaban J connectivity index is 1.49. The minimum Gasteiger partial charge on any atom is -0.337 e. The van der Waals surface area contributed by atoms with Crippen molar-refractivity contribution in [3.8, 4) is 0 Å². The van der Waals surface area contributed by atoms with Crippen LogP contribution in [0.1, 0.15) is 29.4 Å². The Morgan fingerprint density at radius 1 is 1.23 bits per heavy atom. The molecule has 1 aliphatic heterocycles. The zero-order valence-corrected chi connectivity index (χ0v) is 11.9. The third-order valence-electron chi connectivity index (χ3n) is 4.06. The Hall–Kier alpha value is -2.77. The second-order valence-corrected chi connectivity index (χ2v) is 5.37. The molecule has 8 heteroatoms. The maximum atomic E-state index is 12.3. The third kappa shape index (κ3) is 2.12. The summed E-state index contributed by atoms with van der Waals surface area (Å²) in [6, 6.07) is 5.68. The maximum Gasteiger partial charge on any atom is 0.271 e. The van der Waals surface area contributed by atoms with Gasteiger partial charge in [0.05, 0.1) is 6.04 Å². The van der Waals surface area contributed by atoms with Crippen LogP contribution in [0.4, 0.5) is 0 Å². The van der Waals surface area contributed by atoms with Crippen molar-refractivity contribution in [2.75, 3.05) is 13.1 Å². The molecule has 0 spiro atoms. The lowest BCUT2D eigenvalue weighted by Crippen LogP contribution is -2.39. The van der Waals surface area contributed by atoms with Crippen molar-refractivity contribution in [3.63, 3.8) is 0 Å². The molecule has 0 radical (unpaired) electrons. The van der Waals surface area contributed by atoms with Crippen LogP contribution in [0.15, 0.2) is 30.6 Å². The molecule has 3 aromatic heterocycles. The molecule has 112 valence electrons. The molecule has 1 saturated heterocycles. The first-order valence-corrected chi connectivity index (χ1v) is 7.27. The molecule has 4 heterocycles. The highest BCUT2D eigenvalue weighted by Gasteiger charge is 2.26. The summed E-state index contributed by atoms with van der Waals surface area (Å²) in [5.41, 5.74) is 2.14. The minimum absolute atomic E-state index is 0.00229. The lowest BCUT2D eigenvalue weighted by atomic mass is 10.0. The molecule has 0 aliphatic carbocycles. The van der Waals surface area contributed by atoms with E-state index in [-0.39, 0.29) is 11.9 Å². The fourth-order valence-corrected chi connectivity index (χ4v) is 2.89. The van der Waals surface area contributed by atoms with Crippen LogP contribution in [0.5, 0.6) is 0 Å². The van der Waals surface area contributed by atoms with Gasteiger partial charge in [0.15, 0.2) is 5.65 Å². The van der Waals surface area contributed by atoms with Gasteiger partial charge in [0.25, 0.3) is 5.91 Å². The molecule has 8 nitrogen and oxygen atoms in total. The van der Waals surface area contributed by atoms with Crippen LogP contribution in [0.25, 0.3) is 11.2 Å². The Bertz CT molecular complexity index is 786. The summed E-state index contributed by atoms with van der Waals surface area (Å²) in [7, 11) is 0. The first-order chi connectivity index (χ1) is 10.8. The van der Waals surface area contributed by atoms with Gasteiger partial charge in [-0.1, -0.05) is 5.21 Å². The molecule has 22 heavy (non-hydrogen) atoms. The van der Waals surface area contributed by atoms with Crippen LogP contribution in [-0.2, 0) is 0 Å². The predicted molar refractivity (Wildman–Crippen MR) is 78.1 cm³/mol. The van der Waals surface area contributed by atoms with Gasteiger partial charge in [-0.2, -0.15) is 5.10 Å². The number of aromatic amines is 1. The number of rotatable bonds is 2. The molecule has 0 bridgehead atoms. The molecule has 0 atom stereocenters. The number of aromatic nitrogens is 6. The van der Waals surface area contributed by atoms with E-state index in [4.69, 9.17) is 0 Å². The van der Waals surface area contributed by atoms with Gasteiger partial charge in [-0.15, -0.1) is 5.10 Å². The Morgan fingerprint density at radius 3 is 2.86 bits per heavy atom. The molecule has 4 rings (SSSR count). The number of likely N-dealkylation sites (tertiary alicyclic amines) is 1. The maximum absolute atomic E-state index is 12.3. The SMILES string of the molecule is O=C(c1ccn[nH]1)N1CCC(n2nnc3cccnc32)CC1. The highest BCUT2D eigenvalue weighted by Crippen LogP contribution is 2.25. The van der Waals surface area contributed by atoms with Crippen molar-refractivity contribution < 1.29 is 4.79 Å². The van der Waals surface area contributed by atoms with Gasteiger partial charge >= 0.3 is 0 Å². The van der Waals surface area contributed by atoms with Gasteiger partial charge < -0.3 is 4.90 Å². The number of hydrogen-bond donors (Lipinski definition) is 1. The number of pyridine rings is 1. The minimum atomic E-state index is -0.00229. The predicted octanol–water partition coefficient (Wildman–Crippen LogP) is 1.03. The topological polar surface area (TPSA) is 92.6 Å². The molecule has 1 aliphatic rings. The zero-order chi connectivity index (χ0) is 14.9. The van der Waals surface area contributed by atoms with Gasteiger partial charge in [-0.25, -0.2) is 9.67 Å². The Labute approximate surface area is 126 Å². The number of amides is 1. The number of carbonyl (C=O) groups is 1. The number of fused-ring (bicyclic) bond motifs is 1. The number of nitrogens with zero attached hydrogens (tertiary/aromatic N) is 6. The van der Waals surface area contributed by atoms with Gasteiger partial charge in [-0.3, -0.25) is 9.89 Å². The summed E-state index contributed by atoms with van der Waals surface area (Å²) in [5, 5.41) is 14.9. The molecule has 0 aromatic carbocycles. The molecule has 0 unspecified atom stereocenters. The largest absolute Gasteiger partial charge is 0.337 e. The summed E-state index contributed by atoms with van der Waals surface area (Å²) in [6.45, 7) is 1.38. The van der Waals surface area contributed by atoms with E-state index in [0.717, 1.165) is 24.0 Å². The van der Waals surface area contributed by atoms with Crippen molar-refractivity contribution in [1.82, 2.24) is 35.1 Å². The van der Waals surface area contributed by atoms with E-state index in [2.05, 4.69) is 25.5 Å². The summed E-state index contributed by atoms with van der Waals surface area (Å²) < 4.78 is 1.88. The lowest BCUT2D eigenvalue weighted by Gasteiger charge is -2.31. The highest BCUT2D eigenvalue weighted by molar-refractivity contribution is 5.92. The summed E-state index contributed by atoms with van der Waals surface area (Å²) in [4.78, 5) is 18.5. The van der Waals surface area contributed by atoms with Gasteiger partial charge in [0, 0.05) is 25.5 Å². The van der Waals surface area contributed by atoms with E-state index in [0.29, 0.717) is 18.8 Å². The van der Waals surface area contributed by atoms with Crippen LogP contribution in [0.2, 0.25) is 0 Å². The van der Waals surface area contributed by atoms with Gasteiger partial charge in [0.2, 0.25) is 0 Å². The smallest absolute Gasteiger partial charge is 0.271 e. The molecule has 3 aromatic rings. The van der Waals surface area contributed by atoms with E-state index >= 15 is 0 Å². The average molecular weight is 297 g/mol. The normalized spacial score (nSPS) is 16.3. The molecule has 1 fully saturated rings. The standard InChI is InChI=1S/C14H15N7O/c22-14(12-3-7-16-17-12)20-8-4-10(5-9-20)21-13-11(18-19-21)2-1-6-15-13/h1-3,6-7,10H,4-5,8-9H2,(H,16,17). The number of piperidine rings is 1. The van der Waals surface area contributed by atoms with Gasteiger partial charge in [0.1, 0.15) is 11.2 Å². The summed E-state index contributed by atoms with van der Waals surface area (Å²) in [6.07, 6.45) is 5.02. The average Bonchev–Trinajstić information content (AvgIpc) is 3.24. The van der Waals surface area contributed by atoms with Crippen molar-refractivity contribution in [3.05, 3.63) is 36.3 Å². The van der Waals surface area contributed by atoms with Crippen LogP contribution in [-0.4, -0.2) is 54.1 Å². The second-order valence-electron chi connectivity index (χ2n) is 5.37. The number of H-pyrrole nitrogens is 1. The van der Waals surface area contributed by atoms with Crippen molar-refractivity contribution in [1.29, 1.82) is 0 Å². The Morgan fingerprint density at radius 2 is 2.09 bits per heavy atom. The first-order valence-electron chi connectivity index (χ1n) is 7.27. The highest BCUT2D eigenvalue weighted by atomic mass is 16.2.